The van der Waals surface area contributed by atoms with Crippen molar-refractivity contribution in [3.05, 3.63) is 47.7 Å². The molecule has 0 aliphatic carbocycles. The standard InChI is InChI=1S/C17H21N5/c1-11(12-8-20-21-9-12)7-13-10-19-15-14(17(2,3)4)5-6-18-16(15)22-13/h5-6,8-11H,7H2,1-4H3,(H,20,21). The fourth-order valence-corrected chi connectivity index (χ4v) is 2.62. The van der Waals surface area contributed by atoms with Crippen LogP contribution in [-0.2, 0) is 11.8 Å². The van der Waals surface area contributed by atoms with E-state index in [1.807, 2.05) is 30.9 Å². The van der Waals surface area contributed by atoms with Gasteiger partial charge in [-0.25, -0.2) is 9.97 Å². The normalized spacial score (nSPS) is 13.5. The molecule has 0 saturated heterocycles. The van der Waals surface area contributed by atoms with Gasteiger partial charge in [0, 0.05) is 18.6 Å². The second-order valence-electron chi connectivity index (χ2n) is 6.78. The molecule has 0 saturated carbocycles. The van der Waals surface area contributed by atoms with Gasteiger partial charge in [0.1, 0.15) is 5.52 Å². The van der Waals surface area contributed by atoms with Crippen LogP contribution in [0.15, 0.2) is 30.9 Å². The van der Waals surface area contributed by atoms with Crippen LogP contribution in [0.25, 0.3) is 11.2 Å². The molecule has 3 aromatic rings. The van der Waals surface area contributed by atoms with E-state index in [2.05, 4.69) is 47.9 Å². The topological polar surface area (TPSA) is 67.3 Å². The highest BCUT2D eigenvalue weighted by molar-refractivity contribution is 5.74. The third kappa shape index (κ3) is 2.84. The van der Waals surface area contributed by atoms with Crippen LogP contribution in [0.5, 0.6) is 0 Å². The van der Waals surface area contributed by atoms with Gasteiger partial charge in [-0.15, -0.1) is 0 Å². The summed E-state index contributed by atoms with van der Waals surface area (Å²) in [6, 6.07) is 2.03. The van der Waals surface area contributed by atoms with E-state index in [1.54, 1.807) is 0 Å². The van der Waals surface area contributed by atoms with Gasteiger partial charge in [0.15, 0.2) is 5.65 Å². The monoisotopic (exact) mass is 295 g/mol. The van der Waals surface area contributed by atoms with Gasteiger partial charge in [0.25, 0.3) is 0 Å². The summed E-state index contributed by atoms with van der Waals surface area (Å²) >= 11 is 0. The highest BCUT2D eigenvalue weighted by Crippen LogP contribution is 2.27. The SMILES string of the molecule is CC(Cc1cnc2c(C(C)(C)C)ccnc2n1)c1cn[nH]c1. The number of H-pyrrole nitrogens is 1. The number of aromatic amines is 1. The van der Waals surface area contributed by atoms with Crippen LogP contribution in [0, 0.1) is 0 Å². The molecule has 3 heterocycles. The van der Waals surface area contributed by atoms with Crippen LogP contribution >= 0.6 is 0 Å². The molecule has 0 spiro atoms. The first-order chi connectivity index (χ1) is 10.4. The molecule has 0 amide bonds. The second-order valence-corrected chi connectivity index (χ2v) is 6.78. The Hall–Kier alpha value is -2.30. The Morgan fingerprint density at radius 1 is 1.18 bits per heavy atom. The Balaban J connectivity index is 1.94. The molecule has 5 heteroatoms. The van der Waals surface area contributed by atoms with Crippen molar-refractivity contribution >= 4 is 11.2 Å². The van der Waals surface area contributed by atoms with Crippen molar-refractivity contribution in [1.82, 2.24) is 25.1 Å². The minimum atomic E-state index is 0.0292. The van der Waals surface area contributed by atoms with Crippen molar-refractivity contribution in [2.75, 3.05) is 0 Å². The Morgan fingerprint density at radius 3 is 2.68 bits per heavy atom. The lowest BCUT2D eigenvalue weighted by atomic mass is 9.87. The molecule has 1 atom stereocenters. The zero-order valence-electron chi connectivity index (χ0n) is 13.5. The number of hydrogen-bond acceptors (Lipinski definition) is 4. The first-order valence-electron chi connectivity index (χ1n) is 7.55. The average Bonchev–Trinajstić information content (AvgIpc) is 2.99. The number of rotatable bonds is 3. The zero-order chi connectivity index (χ0) is 15.7. The number of nitrogens with zero attached hydrogens (tertiary/aromatic N) is 4. The summed E-state index contributed by atoms with van der Waals surface area (Å²) in [5.74, 6) is 0.344. The first kappa shape index (κ1) is 14.6. The van der Waals surface area contributed by atoms with Crippen molar-refractivity contribution in [2.24, 2.45) is 0 Å². The molecule has 22 heavy (non-hydrogen) atoms. The van der Waals surface area contributed by atoms with Gasteiger partial charge in [0.2, 0.25) is 0 Å². The van der Waals surface area contributed by atoms with E-state index < -0.39 is 0 Å². The zero-order valence-corrected chi connectivity index (χ0v) is 13.5. The second kappa shape index (κ2) is 5.48. The lowest BCUT2D eigenvalue weighted by Gasteiger charge is -2.20. The minimum Gasteiger partial charge on any atom is -0.285 e. The van der Waals surface area contributed by atoms with E-state index in [0.29, 0.717) is 5.92 Å². The van der Waals surface area contributed by atoms with Crippen LogP contribution < -0.4 is 0 Å². The number of fused-ring (bicyclic) bond motifs is 1. The van der Waals surface area contributed by atoms with E-state index in [4.69, 9.17) is 4.98 Å². The molecule has 0 aliphatic rings. The summed E-state index contributed by atoms with van der Waals surface area (Å²) in [6.45, 7) is 8.70. The summed E-state index contributed by atoms with van der Waals surface area (Å²) in [6.07, 6.45) is 8.30. The number of aromatic nitrogens is 5. The van der Waals surface area contributed by atoms with Gasteiger partial charge in [-0.2, -0.15) is 5.10 Å². The molecule has 0 fully saturated rings. The minimum absolute atomic E-state index is 0.0292. The number of pyridine rings is 1. The molecule has 114 valence electrons. The van der Waals surface area contributed by atoms with E-state index in [1.165, 1.54) is 11.1 Å². The van der Waals surface area contributed by atoms with E-state index in [9.17, 15) is 0 Å². The molecule has 0 aliphatic heterocycles. The quantitative estimate of drug-likeness (QED) is 0.804. The Labute approximate surface area is 130 Å². The fourth-order valence-electron chi connectivity index (χ4n) is 2.62. The molecular weight excluding hydrogens is 274 g/mol. The number of nitrogens with one attached hydrogen (secondary N) is 1. The average molecular weight is 295 g/mol. The van der Waals surface area contributed by atoms with Crippen LogP contribution in [0.3, 0.4) is 0 Å². The van der Waals surface area contributed by atoms with Gasteiger partial charge >= 0.3 is 0 Å². The van der Waals surface area contributed by atoms with Crippen LogP contribution in [0.2, 0.25) is 0 Å². The van der Waals surface area contributed by atoms with Crippen molar-refractivity contribution in [2.45, 2.75) is 45.4 Å². The van der Waals surface area contributed by atoms with Gasteiger partial charge in [-0.3, -0.25) is 10.1 Å². The summed E-state index contributed by atoms with van der Waals surface area (Å²) in [7, 11) is 0. The smallest absolute Gasteiger partial charge is 0.178 e. The lowest BCUT2D eigenvalue weighted by molar-refractivity contribution is 0.593. The van der Waals surface area contributed by atoms with Gasteiger partial charge in [-0.1, -0.05) is 27.7 Å². The Kier molecular flexibility index (Phi) is 3.64. The summed E-state index contributed by atoms with van der Waals surface area (Å²) in [5, 5.41) is 6.85. The molecule has 3 rings (SSSR count). The van der Waals surface area contributed by atoms with Gasteiger partial charge < -0.3 is 0 Å². The molecule has 0 radical (unpaired) electrons. The third-order valence-corrected chi connectivity index (χ3v) is 3.91. The van der Waals surface area contributed by atoms with Crippen molar-refractivity contribution in [3.8, 4) is 0 Å². The predicted octanol–water partition coefficient (Wildman–Crippen LogP) is 3.39. The van der Waals surface area contributed by atoms with Gasteiger partial charge in [-0.05, 0) is 34.9 Å². The summed E-state index contributed by atoms with van der Waals surface area (Å²) in [4.78, 5) is 13.7. The third-order valence-electron chi connectivity index (χ3n) is 3.91. The van der Waals surface area contributed by atoms with Gasteiger partial charge in [0.05, 0.1) is 11.9 Å². The highest BCUT2D eigenvalue weighted by Gasteiger charge is 2.19. The number of hydrogen-bond donors (Lipinski definition) is 1. The van der Waals surface area contributed by atoms with Crippen molar-refractivity contribution in [3.63, 3.8) is 0 Å². The molecule has 1 N–H and O–H groups in total. The van der Waals surface area contributed by atoms with Crippen LogP contribution in [-0.4, -0.2) is 25.1 Å². The summed E-state index contributed by atoms with van der Waals surface area (Å²) < 4.78 is 0. The molecule has 5 nitrogen and oxygen atoms in total. The Morgan fingerprint density at radius 2 is 2.00 bits per heavy atom. The molecule has 0 aromatic carbocycles. The molecular formula is C17H21N5. The van der Waals surface area contributed by atoms with E-state index in [-0.39, 0.29) is 5.41 Å². The van der Waals surface area contributed by atoms with Crippen molar-refractivity contribution in [1.29, 1.82) is 0 Å². The predicted molar refractivity (Wildman–Crippen MR) is 86.7 cm³/mol. The summed E-state index contributed by atoms with van der Waals surface area (Å²) in [5.41, 5.74) is 4.97. The molecule has 0 bridgehead atoms. The maximum atomic E-state index is 4.70. The molecule has 3 aromatic heterocycles. The van der Waals surface area contributed by atoms with Crippen LogP contribution in [0.4, 0.5) is 0 Å². The maximum absolute atomic E-state index is 4.70. The van der Waals surface area contributed by atoms with Crippen LogP contribution in [0.1, 0.15) is 50.4 Å². The fraction of sp³-hybridized carbons (Fsp3) is 0.412. The van der Waals surface area contributed by atoms with E-state index >= 15 is 0 Å². The van der Waals surface area contributed by atoms with Crippen molar-refractivity contribution < 1.29 is 0 Å². The highest BCUT2D eigenvalue weighted by atomic mass is 15.1. The first-order valence-corrected chi connectivity index (χ1v) is 7.55. The molecule has 1 unspecified atom stereocenters. The largest absolute Gasteiger partial charge is 0.285 e. The maximum Gasteiger partial charge on any atom is 0.178 e. The van der Waals surface area contributed by atoms with E-state index in [0.717, 1.165) is 23.3 Å². The lowest BCUT2D eigenvalue weighted by Crippen LogP contribution is -2.13. The Bertz CT molecular complexity index is 771.